The first-order valence-corrected chi connectivity index (χ1v) is 8.21. The molecule has 0 aliphatic carbocycles. The molecule has 0 spiro atoms. The van der Waals surface area contributed by atoms with Crippen LogP contribution in [0.2, 0.25) is 25.7 Å². The van der Waals surface area contributed by atoms with Gasteiger partial charge in [-0.05, 0) is 25.7 Å². The molecular formula is C6H13F3OSi2. The van der Waals surface area contributed by atoms with Gasteiger partial charge in [-0.1, -0.05) is 0 Å². The van der Waals surface area contributed by atoms with E-state index in [2.05, 4.69) is 0 Å². The maximum atomic E-state index is 11.7. The van der Waals surface area contributed by atoms with Crippen molar-refractivity contribution in [3.05, 3.63) is 0 Å². The van der Waals surface area contributed by atoms with Gasteiger partial charge < -0.3 is 4.12 Å². The van der Waals surface area contributed by atoms with Crippen LogP contribution in [0, 0.1) is 0 Å². The highest BCUT2D eigenvalue weighted by Crippen LogP contribution is 2.22. The van der Waals surface area contributed by atoms with E-state index < -0.39 is 30.7 Å². The molecule has 0 rings (SSSR count). The monoisotopic (exact) mass is 214 g/mol. The summed E-state index contributed by atoms with van der Waals surface area (Å²) >= 11 is 0. The molecule has 0 amide bonds. The van der Waals surface area contributed by atoms with E-state index in [1.807, 2.05) is 13.1 Å². The smallest absolute Gasteiger partial charge is 0.388 e. The third kappa shape index (κ3) is 8.28. The molecular weight excluding hydrogens is 201 g/mol. The average Bonchev–Trinajstić information content (AvgIpc) is 1.80. The Hall–Kier alpha value is 0.184. The Kier molecular flexibility index (Phi) is 5.11. The van der Waals surface area contributed by atoms with Crippen LogP contribution in [0.25, 0.3) is 0 Å². The largest absolute Gasteiger partial charge is 0.456 e. The summed E-state index contributed by atoms with van der Waals surface area (Å²) in [7, 11) is -2.02. The molecule has 0 saturated carbocycles. The first-order valence-electron chi connectivity index (χ1n) is 3.68. The van der Waals surface area contributed by atoms with Crippen molar-refractivity contribution in [1.29, 1.82) is 0 Å². The third-order valence-corrected chi connectivity index (χ3v) is 5.12. The van der Waals surface area contributed by atoms with Crippen LogP contribution in [0.15, 0.2) is 0 Å². The molecule has 1 nitrogen and oxygen atoms in total. The zero-order chi connectivity index (χ0) is 9.78. The Morgan fingerprint density at radius 3 is 2.00 bits per heavy atom. The first kappa shape index (κ1) is 12.2. The molecule has 0 aliphatic heterocycles. The second kappa shape index (κ2) is 5.03. The molecule has 0 atom stereocenters. The van der Waals surface area contributed by atoms with Crippen LogP contribution in [0.1, 0.15) is 6.42 Å². The van der Waals surface area contributed by atoms with Gasteiger partial charge >= 0.3 is 6.18 Å². The molecule has 0 aromatic carbocycles. The highest BCUT2D eigenvalue weighted by molar-refractivity contribution is 6.63. The van der Waals surface area contributed by atoms with Crippen molar-refractivity contribution in [1.82, 2.24) is 0 Å². The summed E-state index contributed by atoms with van der Waals surface area (Å²) in [5, 5.41) is 0. The predicted molar refractivity (Wildman–Crippen MR) is 45.7 cm³/mol. The molecule has 0 aliphatic rings. The van der Waals surface area contributed by atoms with E-state index >= 15 is 0 Å². The number of hydrogen-bond acceptors (Lipinski definition) is 1. The molecule has 0 saturated heterocycles. The molecule has 12 heavy (non-hydrogen) atoms. The lowest BCUT2D eigenvalue weighted by Crippen LogP contribution is -2.23. The van der Waals surface area contributed by atoms with E-state index in [4.69, 9.17) is 4.12 Å². The van der Waals surface area contributed by atoms with E-state index in [-0.39, 0.29) is 6.04 Å². The van der Waals surface area contributed by atoms with Crippen LogP contribution in [0.3, 0.4) is 0 Å². The highest BCUT2D eigenvalue weighted by Gasteiger charge is 2.28. The molecule has 0 aromatic rings. The van der Waals surface area contributed by atoms with Gasteiger partial charge in [-0.25, -0.2) is 0 Å². The summed E-state index contributed by atoms with van der Waals surface area (Å²) in [5.41, 5.74) is 0. The van der Waals surface area contributed by atoms with Crippen molar-refractivity contribution in [3.8, 4) is 0 Å². The maximum absolute atomic E-state index is 11.7. The number of halogens is 3. The Morgan fingerprint density at radius 1 is 1.17 bits per heavy atom. The van der Waals surface area contributed by atoms with Gasteiger partial charge in [0.1, 0.15) is 0 Å². The summed E-state index contributed by atoms with van der Waals surface area (Å²) in [6.07, 6.45) is -4.73. The Labute approximate surface area is 74.4 Å². The normalized spacial score (nSPS) is 13.0. The summed E-state index contributed by atoms with van der Waals surface area (Å²) in [4.78, 5) is 0. The summed E-state index contributed by atoms with van der Waals surface area (Å²) in [5.74, 6) is 0. The quantitative estimate of drug-likeness (QED) is 0.654. The van der Waals surface area contributed by atoms with Crippen LogP contribution >= 0.6 is 0 Å². The van der Waals surface area contributed by atoms with Crippen LogP contribution in [-0.2, 0) is 4.12 Å². The SMILES string of the molecule is C[Si](C)O[Si](C)CCC(F)(F)F. The minimum atomic E-state index is -4.02. The van der Waals surface area contributed by atoms with Crippen LogP contribution in [0.4, 0.5) is 13.2 Å². The molecule has 0 bridgehead atoms. The highest BCUT2D eigenvalue weighted by atomic mass is 28.4. The zero-order valence-electron chi connectivity index (χ0n) is 7.46. The molecule has 6 heteroatoms. The fourth-order valence-corrected chi connectivity index (χ4v) is 4.55. The minimum absolute atomic E-state index is 0.171. The lowest BCUT2D eigenvalue weighted by atomic mass is 10.5. The summed E-state index contributed by atoms with van der Waals surface area (Å²) in [6.45, 7) is 5.66. The standard InChI is InChI=1S/C6H13F3OSi2/c1-11(2)10-12(3)5-4-6(7,8)9/h4-5H2,1-3H3. The molecule has 0 unspecified atom stereocenters. The van der Waals surface area contributed by atoms with Gasteiger partial charge in [-0.3, -0.25) is 0 Å². The predicted octanol–water partition coefficient (Wildman–Crippen LogP) is 2.83. The van der Waals surface area contributed by atoms with E-state index in [9.17, 15) is 13.2 Å². The lowest BCUT2D eigenvalue weighted by Gasteiger charge is -2.13. The third-order valence-electron chi connectivity index (χ3n) is 1.14. The number of rotatable bonds is 4. The second-order valence-electron chi connectivity index (χ2n) is 2.83. The number of alkyl halides is 3. The molecule has 0 aromatic heterocycles. The molecule has 0 N–H and O–H groups in total. The van der Waals surface area contributed by atoms with Crippen molar-refractivity contribution in [2.24, 2.45) is 0 Å². The van der Waals surface area contributed by atoms with Gasteiger partial charge in [0.15, 0.2) is 18.1 Å². The topological polar surface area (TPSA) is 9.23 Å². The number of hydrogen-bond donors (Lipinski definition) is 0. The van der Waals surface area contributed by atoms with Crippen LogP contribution in [0.5, 0.6) is 0 Å². The molecule has 0 heterocycles. The Bertz CT molecular complexity index is 126. The van der Waals surface area contributed by atoms with Crippen molar-refractivity contribution in [3.63, 3.8) is 0 Å². The van der Waals surface area contributed by atoms with Crippen molar-refractivity contribution < 1.29 is 17.3 Å². The minimum Gasteiger partial charge on any atom is -0.456 e. The molecule has 72 valence electrons. The maximum Gasteiger partial charge on any atom is 0.388 e. The molecule has 2 radical (unpaired) electrons. The van der Waals surface area contributed by atoms with Crippen molar-refractivity contribution in [2.75, 3.05) is 0 Å². The average molecular weight is 214 g/mol. The van der Waals surface area contributed by atoms with Gasteiger partial charge in [-0.2, -0.15) is 13.2 Å². The Balaban J connectivity index is 3.51. The van der Waals surface area contributed by atoms with Gasteiger partial charge in [0.2, 0.25) is 0 Å². The fraction of sp³-hybridized carbons (Fsp3) is 1.00. The van der Waals surface area contributed by atoms with Crippen LogP contribution < -0.4 is 0 Å². The van der Waals surface area contributed by atoms with E-state index in [0.717, 1.165) is 0 Å². The van der Waals surface area contributed by atoms with Crippen molar-refractivity contribution >= 4 is 18.1 Å². The summed E-state index contributed by atoms with van der Waals surface area (Å²) in [6, 6.07) is 0.171. The van der Waals surface area contributed by atoms with Crippen LogP contribution in [-0.4, -0.2) is 24.3 Å². The first-order chi connectivity index (χ1) is 5.31. The molecule has 0 fully saturated rings. The van der Waals surface area contributed by atoms with Crippen molar-refractivity contribution in [2.45, 2.75) is 38.3 Å². The zero-order valence-corrected chi connectivity index (χ0v) is 9.46. The summed E-state index contributed by atoms with van der Waals surface area (Å²) < 4.78 is 40.5. The van der Waals surface area contributed by atoms with Gasteiger partial charge in [0, 0.05) is 6.42 Å². The van der Waals surface area contributed by atoms with Gasteiger partial charge in [-0.15, -0.1) is 0 Å². The second-order valence-corrected chi connectivity index (χ2v) is 7.36. The van der Waals surface area contributed by atoms with Gasteiger partial charge in [0.25, 0.3) is 0 Å². The van der Waals surface area contributed by atoms with E-state index in [1.165, 1.54) is 0 Å². The lowest BCUT2D eigenvalue weighted by molar-refractivity contribution is -0.130. The Morgan fingerprint density at radius 2 is 1.67 bits per heavy atom. The van der Waals surface area contributed by atoms with Gasteiger partial charge in [0.05, 0.1) is 0 Å². The van der Waals surface area contributed by atoms with E-state index in [1.54, 1.807) is 6.55 Å². The van der Waals surface area contributed by atoms with E-state index in [0.29, 0.717) is 0 Å². The fourth-order valence-electron chi connectivity index (χ4n) is 0.717.